The predicted octanol–water partition coefficient (Wildman–Crippen LogP) is 3.21. The van der Waals surface area contributed by atoms with E-state index < -0.39 is 28.8 Å². The van der Waals surface area contributed by atoms with Gasteiger partial charge in [0.25, 0.3) is 0 Å². The fraction of sp³-hybridized carbons (Fsp3) is 0.667. The van der Waals surface area contributed by atoms with Crippen molar-refractivity contribution >= 4 is 23.5 Å². The molecule has 7 heteroatoms. The van der Waals surface area contributed by atoms with Crippen molar-refractivity contribution in [1.29, 1.82) is 0 Å². The molecule has 4 fully saturated rings. The topological polar surface area (TPSA) is 99.9 Å². The van der Waals surface area contributed by atoms with Gasteiger partial charge in [-0.05, 0) is 48.1 Å². The first-order chi connectivity index (χ1) is 14.8. The molecule has 1 aromatic heterocycles. The van der Waals surface area contributed by atoms with Crippen LogP contribution in [0.15, 0.2) is 23.0 Å². The van der Waals surface area contributed by atoms with E-state index in [1.54, 1.807) is 12.5 Å². The number of hydrogen-bond donors (Lipinski definition) is 0. The summed E-state index contributed by atoms with van der Waals surface area (Å²) in [6, 6.07) is 1.88. The van der Waals surface area contributed by atoms with Gasteiger partial charge >= 0.3 is 11.9 Å². The quantitative estimate of drug-likeness (QED) is 0.667. The Bertz CT molecular complexity index is 934. The number of methoxy groups -OCH3 is 1. The van der Waals surface area contributed by atoms with Crippen LogP contribution >= 0.6 is 0 Å². The van der Waals surface area contributed by atoms with Crippen LogP contribution in [0.5, 0.6) is 0 Å². The van der Waals surface area contributed by atoms with E-state index in [-0.39, 0.29) is 48.1 Å². The lowest BCUT2D eigenvalue weighted by atomic mass is 9.45. The lowest BCUT2D eigenvalue weighted by molar-refractivity contribution is -0.192. The van der Waals surface area contributed by atoms with Crippen LogP contribution in [0.1, 0.15) is 63.4 Å². The molecule has 1 aliphatic heterocycles. The maximum absolute atomic E-state index is 14.0. The molecule has 5 rings (SSSR count). The number of furan rings is 1. The molecule has 3 aliphatic carbocycles. The number of carbonyl (C=O) groups is 4. The molecule has 0 radical (unpaired) electrons. The number of carbonyl (C=O) groups excluding carboxylic acids is 4. The fourth-order valence-electron chi connectivity index (χ4n) is 7.09. The second-order valence-corrected chi connectivity index (χ2v) is 10.1. The molecule has 0 amide bonds. The summed E-state index contributed by atoms with van der Waals surface area (Å²) in [5.74, 6) is -2.15. The van der Waals surface area contributed by atoms with E-state index >= 15 is 0 Å². The zero-order valence-corrected chi connectivity index (χ0v) is 17.9. The zero-order chi connectivity index (χ0) is 22.0. The molecule has 2 heterocycles. The Balaban J connectivity index is 1.58. The predicted molar refractivity (Wildman–Crippen MR) is 107 cm³/mol. The summed E-state index contributed by atoms with van der Waals surface area (Å²) in [5, 5.41) is 0. The van der Waals surface area contributed by atoms with E-state index in [1.807, 2.05) is 13.0 Å². The van der Waals surface area contributed by atoms with Crippen molar-refractivity contribution in [2.75, 3.05) is 7.11 Å². The highest BCUT2D eigenvalue weighted by atomic mass is 16.6. The molecule has 0 N–H and O–H groups in total. The Morgan fingerprint density at radius 2 is 2.03 bits per heavy atom. The molecular weight excluding hydrogens is 400 g/mol. The molecule has 7 unspecified atom stereocenters. The van der Waals surface area contributed by atoms with E-state index in [2.05, 4.69) is 0 Å². The maximum atomic E-state index is 14.0. The largest absolute Gasteiger partial charge is 0.472 e. The second-order valence-electron chi connectivity index (χ2n) is 10.1. The normalized spacial score (nSPS) is 42.1. The van der Waals surface area contributed by atoms with Gasteiger partial charge in [0, 0.05) is 37.5 Å². The summed E-state index contributed by atoms with van der Waals surface area (Å²) in [7, 11) is 1.36. The van der Waals surface area contributed by atoms with Gasteiger partial charge in [0.2, 0.25) is 0 Å². The smallest absolute Gasteiger partial charge is 0.309 e. The highest BCUT2D eigenvalue weighted by Gasteiger charge is 2.67. The minimum atomic E-state index is -1.27. The van der Waals surface area contributed by atoms with E-state index in [9.17, 15) is 19.2 Å². The van der Waals surface area contributed by atoms with Crippen LogP contribution in [0.2, 0.25) is 0 Å². The molecule has 0 aromatic carbocycles. The summed E-state index contributed by atoms with van der Waals surface area (Å²) in [6.07, 6.45) is 6.31. The number of rotatable bonds is 2. The molecule has 166 valence electrons. The van der Waals surface area contributed by atoms with Gasteiger partial charge in [-0.2, -0.15) is 0 Å². The Hall–Kier alpha value is -2.44. The van der Waals surface area contributed by atoms with Crippen molar-refractivity contribution < 1.29 is 33.1 Å². The number of esters is 2. The van der Waals surface area contributed by atoms with E-state index in [1.165, 1.54) is 7.11 Å². The van der Waals surface area contributed by atoms with Crippen molar-refractivity contribution in [3.8, 4) is 0 Å². The number of ketones is 2. The molecule has 0 bridgehead atoms. The number of hydrogen-bond acceptors (Lipinski definition) is 7. The lowest BCUT2D eigenvalue weighted by Gasteiger charge is -2.58. The van der Waals surface area contributed by atoms with Gasteiger partial charge < -0.3 is 13.9 Å². The Labute approximate surface area is 180 Å². The standard InChI is InChI=1S/C24H28O7/c1-23-6-3-15-16(9-14(10-18(15)25)13-5-8-30-12-13)20(23)21(27)24(7-4-19(26)31-24)11-17(23)22(28)29-2/h5,8,12,14-17,20H,3-4,6-7,9-11H2,1-2H3. The third-order valence-corrected chi connectivity index (χ3v) is 8.67. The average molecular weight is 428 g/mol. The maximum Gasteiger partial charge on any atom is 0.309 e. The molecule has 3 saturated carbocycles. The monoisotopic (exact) mass is 428 g/mol. The minimum Gasteiger partial charge on any atom is -0.472 e. The Kier molecular flexibility index (Phi) is 4.65. The van der Waals surface area contributed by atoms with Gasteiger partial charge in [-0.3, -0.25) is 19.2 Å². The van der Waals surface area contributed by atoms with E-state index in [0.29, 0.717) is 32.1 Å². The van der Waals surface area contributed by atoms with Crippen LogP contribution in [-0.2, 0) is 28.7 Å². The van der Waals surface area contributed by atoms with Gasteiger partial charge in [-0.15, -0.1) is 0 Å². The molecule has 4 aliphatic rings. The van der Waals surface area contributed by atoms with Crippen LogP contribution < -0.4 is 0 Å². The highest BCUT2D eigenvalue weighted by molar-refractivity contribution is 5.98. The third kappa shape index (κ3) is 2.92. The van der Waals surface area contributed by atoms with E-state index in [4.69, 9.17) is 13.9 Å². The first kappa shape index (κ1) is 20.5. The highest BCUT2D eigenvalue weighted by Crippen LogP contribution is 2.62. The summed E-state index contributed by atoms with van der Waals surface area (Å²) in [6.45, 7) is 1.99. The van der Waals surface area contributed by atoms with Gasteiger partial charge in [0.15, 0.2) is 11.4 Å². The van der Waals surface area contributed by atoms with Crippen LogP contribution in [0.4, 0.5) is 0 Å². The fourth-order valence-corrected chi connectivity index (χ4v) is 7.09. The Morgan fingerprint density at radius 1 is 1.23 bits per heavy atom. The average Bonchev–Trinajstić information content (AvgIpc) is 3.40. The van der Waals surface area contributed by atoms with Crippen molar-refractivity contribution in [3.05, 3.63) is 24.2 Å². The van der Waals surface area contributed by atoms with Crippen molar-refractivity contribution in [1.82, 2.24) is 0 Å². The van der Waals surface area contributed by atoms with Crippen molar-refractivity contribution in [2.24, 2.45) is 29.1 Å². The third-order valence-electron chi connectivity index (χ3n) is 8.67. The van der Waals surface area contributed by atoms with Gasteiger partial charge in [-0.1, -0.05) is 6.92 Å². The minimum absolute atomic E-state index is 0.0109. The molecule has 7 atom stereocenters. The number of Topliss-reactive ketones (excluding diaryl/α,β-unsaturated/α-hetero) is 2. The van der Waals surface area contributed by atoms with Gasteiger partial charge in [0.05, 0.1) is 25.6 Å². The zero-order valence-electron chi connectivity index (χ0n) is 17.9. The second kappa shape index (κ2) is 7.04. The molecule has 7 nitrogen and oxygen atoms in total. The molecular formula is C24H28O7. The molecule has 1 saturated heterocycles. The first-order valence-corrected chi connectivity index (χ1v) is 11.2. The Morgan fingerprint density at radius 3 is 2.68 bits per heavy atom. The number of ether oxygens (including phenoxy) is 2. The van der Waals surface area contributed by atoms with E-state index in [0.717, 1.165) is 5.56 Å². The lowest BCUT2D eigenvalue weighted by Crippen LogP contribution is -2.64. The van der Waals surface area contributed by atoms with Crippen LogP contribution in [0.25, 0.3) is 0 Å². The van der Waals surface area contributed by atoms with Gasteiger partial charge in [0.1, 0.15) is 5.78 Å². The van der Waals surface area contributed by atoms with Crippen LogP contribution in [0, 0.1) is 29.1 Å². The summed E-state index contributed by atoms with van der Waals surface area (Å²) >= 11 is 0. The first-order valence-electron chi connectivity index (χ1n) is 11.2. The molecule has 31 heavy (non-hydrogen) atoms. The number of fused-ring (bicyclic) bond motifs is 3. The van der Waals surface area contributed by atoms with Crippen LogP contribution in [0.3, 0.4) is 0 Å². The molecule has 1 aromatic rings. The summed E-state index contributed by atoms with van der Waals surface area (Å²) < 4.78 is 16.0. The van der Waals surface area contributed by atoms with Crippen molar-refractivity contribution in [3.63, 3.8) is 0 Å². The van der Waals surface area contributed by atoms with Crippen LogP contribution in [-0.4, -0.2) is 36.2 Å². The summed E-state index contributed by atoms with van der Waals surface area (Å²) in [5.41, 5.74) is -0.925. The SMILES string of the molecule is COC(=O)C1CC2(CCC(=O)O2)C(=O)C2C3CC(c4ccoc4)CC(=O)C3CCC12C. The summed E-state index contributed by atoms with van der Waals surface area (Å²) in [4.78, 5) is 52.0. The van der Waals surface area contributed by atoms with Gasteiger partial charge in [-0.25, -0.2) is 0 Å². The van der Waals surface area contributed by atoms with Crippen molar-refractivity contribution in [2.45, 2.75) is 63.4 Å². The molecule has 1 spiro atoms.